The highest BCUT2D eigenvalue weighted by atomic mass is 16.2. The van der Waals surface area contributed by atoms with Crippen molar-refractivity contribution in [2.75, 3.05) is 13.1 Å². The Labute approximate surface area is 103 Å². The first-order valence-electron chi connectivity index (χ1n) is 6.70. The van der Waals surface area contributed by atoms with E-state index in [-0.39, 0.29) is 17.9 Å². The van der Waals surface area contributed by atoms with Gasteiger partial charge in [0, 0.05) is 19.5 Å². The minimum absolute atomic E-state index is 0.00627. The molecule has 1 saturated heterocycles. The quantitative estimate of drug-likeness (QED) is 0.799. The van der Waals surface area contributed by atoms with Crippen LogP contribution in [-0.4, -0.2) is 35.8 Å². The third kappa shape index (κ3) is 2.99. The summed E-state index contributed by atoms with van der Waals surface area (Å²) in [6.07, 6.45) is 3.73. The normalized spacial score (nSPS) is 27.6. The van der Waals surface area contributed by atoms with Crippen LogP contribution in [0, 0.1) is 11.8 Å². The van der Waals surface area contributed by atoms with Gasteiger partial charge in [0.25, 0.3) is 0 Å². The molecule has 1 saturated carbocycles. The standard InChI is InChI=1S/C13H22N2O2/c1-3-11-13(17)15(7-6-12(16)14-11)8-9(2)10-4-5-10/h9-11H,3-8H2,1-2H3,(H,14,16). The highest BCUT2D eigenvalue weighted by Crippen LogP contribution is 2.37. The molecule has 2 atom stereocenters. The van der Waals surface area contributed by atoms with Gasteiger partial charge in [0.1, 0.15) is 6.04 Å². The molecule has 0 aromatic rings. The molecule has 4 heteroatoms. The van der Waals surface area contributed by atoms with E-state index in [0.717, 1.165) is 12.5 Å². The highest BCUT2D eigenvalue weighted by Gasteiger charge is 2.33. The lowest BCUT2D eigenvalue weighted by molar-refractivity contribution is -0.134. The summed E-state index contributed by atoms with van der Waals surface area (Å²) in [5, 5.41) is 2.80. The third-order valence-corrected chi connectivity index (χ3v) is 3.90. The third-order valence-electron chi connectivity index (χ3n) is 3.90. The van der Waals surface area contributed by atoms with E-state index in [4.69, 9.17) is 0 Å². The Morgan fingerprint density at radius 2 is 2.12 bits per heavy atom. The molecule has 0 aromatic heterocycles. The van der Waals surface area contributed by atoms with Gasteiger partial charge in [0.15, 0.2) is 0 Å². The maximum Gasteiger partial charge on any atom is 0.245 e. The maximum absolute atomic E-state index is 12.2. The number of carbonyl (C=O) groups is 2. The molecule has 0 radical (unpaired) electrons. The molecule has 0 aromatic carbocycles. The van der Waals surface area contributed by atoms with E-state index in [2.05, 4.69) is 12.2 Å². The minimum atomic E-state index is -0.309. The van der Waals surface area contributed by atoms with Crippen LogP contribution in [0.15, 0.2) is 0 Å². The number of rotatable bonds is 4. The Balaban J connectivity index is 1.98. The highest BCUT2D eigenvalue weighted by molar-refractivity contribution is 5.89. The number of nitrogens with zero attached hydrogens (tertiary/aromatic N) is 1. The predicted octanol–water partition coefficient (Wildman–Crippen LogP) is 1.16. The molecule has 1 aliphatic carbocycles. The van der Waals surface area contributed by atoms with Crippen molar-refractivity contribution in [1.82, 2.24) is 10.2 Å². The molecule has 4 nitrogen and oxygen atoms in total. The van der Waals surface area contributed by atoms with Gasteiger partial charge in [-0.15, -0.1) is 0 Å². The number of nitrogens with one attached hydrogen (secondary N) is 1. The molecular formula is C13H22N2O2. The predicted molar refractivity (Wildman–Crippen MR) is 65.3 cm³/mol. The summed E-state index contributed by atoms with van der Waals surface area (Å²) in [7, 11) is 0. The molecule has 17 heavy (non-hydrogen) atoms. The van der Waals surface area contributed by atoms with Crippen molar-refractivity contribution in [3.63, 3.8) is 0 Å². The van der Waals surface area contributed by atoms with Crippen molar-refractivity contribution in [2.24, 2.45) is 11.8 Å². The largest absolute Gasteiger partial charge is 0.344 e. The zero-order valence-electron chi connectivity index (χ0n) is 10.7. The summed E-state index contributed by atoms with van der Waals surface area (Å²) in [4.78, 5) is 25.6. The van der Waals surface area contributed by atoms with Crippen LogP contribution in [-0.2, 0) is 9.59 Å². The van der Waals surface area contributed by atoms with Crippen molar-refractivity contribution in [2.45, 2.75) is 45.6 Å². The van der Waals surface area contributed by atoms with Crippen LogP contribution in [0.1, 0.15) is 39.5 Å². The van der Waals surface area contributed by atoms with E-state index < -0.39 is 0 Å². The number of amides is 2. The summed E-state index contributed by atoms with van der Waals surface area (Å²) in [6.45, 7) is 5.55. The molecular weight excluding hydrogens is 216 g/mol. The van der Waals surface area contributed by atoms with Gasteiger partial charge in [-0.1, -0.05) is 13.8 Å². The first-order valence-corrected chi connectivity index (χ1v) is 6.70. The first-order chi connectivity index (χ1) is 8.11. The number of hydrogen-bond donors (Lipinski definition) is 1. The smallest absolute Gasteiger partial charge is 0.245 e. The SMILES string of the molecule is CCC1NC(=O)CCN(CC(C)C2CC2)C1=O. The Morgan fingerprint density at radius 1 is 1.41 bits per heavy atom. The summed E-state index contributed by atoms with van der Waals surface area (Å²) >= 11 is 0. The lowest BCUT2D eigenvalue weighted by atomic mass is 10.1. The van der Waals surface area contributed by atoms with E-state index in [0.29, 0.717) is 25.3 Å². The molecule has 2 unspecified atom stereocenters. The summed E-state index contributed by atoms with van der Waals surface area (Å²) in [5.74, 6) is 1.48. The molecule has 2 amide bonds. The average Bonchev–Trinajstić information content (AvgIpc) is 3.13. The molecule has 2 rings (SSSR count). The van der Waals surface area contributed by atoms with Gasteiger partial charge >= 0.3 is 0 Å². The molecule has 1 aliphatic heterocycles. The molecule has 96 valence electrons. The first kappa shape index (κ1) is 12.4. The van der Waals surface area contributed by atoms with Gasteiger partial charge in [-0.2, -0.15) is 0 Å². The number of hydrogen-bond acceptors (Lipinski definition) is 2. The van der Waals surface area contributed by atoms with Crippen LogP contribution in [0.25, 0.3) is 0 Å². The molecule has 1 heterocycles. The van der Waals surface area contributed by atoms with E-state index in [9.17, 15) is 9.59 Å². The Morgan fingerprint density at radius 3 is 2.71 bits per heavy atom. The van der Waals surface area contributed by atoms with Gasteiger partial charge in [0.2, 0.25) is 11.8 Å². The lowest BCUT2D eigenvalue weighted by Gasteiger charge is -2.26. The van der Waals surface area contributed by atoms with Gasteiger partial charge in [-0.25, -0.2) is 0 Å². The summed E-state index contributed by atoms with van der Waals surface area (Å²) < 4.78 is 0. The van der Waals surface area contributed by atoms with Crippen LogP contribution < -0.4 is 5.32 Å². The van der Waals surface area contributed by atoms with Crippen LogP contribution in [0.3, 0.4) is 0 Å². The fourth-order valence-corrected chi connectivity index (χ4v) is 2.52. The van der Waals surface area contributed by atoms with Gasteiger partial charge in [-0.05, 0) is 31.1 Å². The van der Waals surface area contributed by atoms with Crippen molar-refractivity contribution in [3.05, 3.63) is 0 Å². The minimum Gasteiger partial charge on any atom is -0.344 e. The average molecular weight is 238 g/mol. The van der Waals surface area contributed by atoms with Gasteiger partial charge in [-0.3, -0.25) is 9.59 Å². The second-order valence-corrected chi connectivity index (χ2v) is 5.38. The zero-order valence-corrected chi connectivity index (χ0v) is 10.7. The van der Waals surface area contributed by atoms with Crippen LogP contribution in [0.4, 0.5) is 0 Å². The molecule has 2 fully saturated rings. The van der Waals surface area contributed by atoms with E-state index in [1.54, 1.807) is 0 Å². The van der Waals surface area contributed by atoms with Gasteiger partial charge < -0.3 is 10.2 Å². The second kappa shape index (κ2) is 5.07. The lowest BCUT2D eigenvalue weighted by Crippen LogP contribution is -2.45. The van der Waals surface area contributed by atoms with Crippen LogP contribution in [0.5, 0.6) is 0 Å². The molecule has 2 aliphatic rings. The fourth-order valence-electron chi connectivity index (χ4n) is 2.52. The Bertz CT molecular complexity index is 313. The van der Waals surface area contributed by atoms with Crippen molar-refractivity contribution >= 4 is 11.8 Å². The fraction of sp³-hybridized carbons (Fsp3) is 0.846. The van der Waals surface area contributed by atoms with Crippen molar-refractivity contribution in [3.8, 4) is 0 Å². The second-order valence-electron chi connectivity index (χ2n) is 5.38. The monoisotopic (exact) mass is 238 g/mol. The van der Waals surface area contributed by atoms with Gasteiger partial charge in [0.05, 0.1) is 0 Å². The van der Waals surface area contributed by atoms with E-state index in [1.165, 1.54) is 12.8 Å². The summed E-state index contributed by atoms with van der Waals surface area (Å²) in [5.41, 5.74) is 0. The Kier molecular flexibility index (Phi) is 3.69. The maximum atomic E-state index is 12.2. The van der Waals surface area contributed by atoms with E-state index >= 15 is 0 Å². The van der Waals surface area contributed by atoms with Crippen molar-refractivity contribution < 1.29 is 9.59 Å². The molecule has 0 bridgehead atoms. The topological polar surface area (TPSA) is 49.4 Å². The van der Waals surface area contributed by atoms with Crippen molar-refractivity contribution in [1.29, 1.82) is 0 Å². The van der Waals surface area contributed by atoms with Crippen LogP contribution >= 0.6 is 0 Å². The molecule has 1 N–H and O–H groups in total. The van der Waals surface area contributed by atoms with Crippen LogP contribution in [0.2, 0.25) is 0 Å². The number of carbonyl (C=O) groups excluding carboxylic acids is 2. The zero-order chi connectivity index (χ0) is 12.4. The molecule has 0 spiro atoms. The Hall–Kier alpha value is -1.06. The summed E-state index contributed by atoms with van der Waals surface area (Å²) in [6, 6.07) is -0.309. The van der Waals surface area contributed by atoms with E-state index in [1.807, 2.05) is 11.8 Å².